The zero-order valence-electron chi connectivity index (χ0n) is 45.0. The number of hydrogen-bond donors (Lipinski definition) is 0. The zero-order chi connectivity index (χ0) is 52.2. The van der Waals surface area contributed by atoms with E-state index in [0.29, 0.717) is 0 Å². The Balaban J connectivity index is 1.21. The largest absolute Gasteiger partial charge is 0.309 e. The molecule has 2 nitrogen and oxygen atoms in total. The second-order valence-corrected chi connectivity index (χ2v) is 21.4. The van der Waals surface area contributed by atoms with Crippen LogP contribution < -0.4 is 9.80 Å². The highest BCUT2D eigenvalue weighted by Crippen LogP contribution is 2.54. The summed E-state index contributed by atoms with van der Waals surface area (Å²) in [5.41, 5.74) is 24.2. The van der Waals surface area contributed by atoms with Gasteiger partial charge in [0, 0.05) is 22.1 Å². The number of hydrogen-bond acceptors (Lipinski definition) is 2. The number of para-hydroxylation sites is 2. The Hall–Kier alpha value is -8.72. The first-order valence-electron chi connectivity index (χ1n) is 27.1. The first kappa shape index (κ1) is 48.2. The van der Waals surface area contributed by atoms with Crippen LogP contribution in [0.3, 0.4) is 0 Å². The van der Waals surface area contributed by atoms with Crippen LogP contribution in [0.15, 0.2) is 231 Å². The minimum atomic E-state index is 0.242. The molecular weight excluding hydrogens is 917 g/mol. The van der Waals surface area contributed by atoms with Crippen LogP contribution in [-0.2, 0) is 0 Å². The normalized spacial score (nSPS) is 11.7. The molecule has 2 heteroatoms. The summed E-state index contributed by atoms with van der Waals surface area (Å²) < 4.78 is 0. The Bertz CT molecular complexity index is 3810. The van der Waals surface area contributed by atoms with Gasteiger partial charge in [-0.15, -0.1) is 0 Å². The molecule has 0 unspecified atom stereocenters. The maximum Gasteiger partial charge on any atom is 0.0543 e. The molecule has 0 aliphatic rings. The summed E-state index contributed by atoms with van der Waals surface area (Å²) >= 11 is 0. The lowest BCUT2D eigenvalue weighted by Gasteiger charge is -2.34. The van der Waals surface area contributed by atoms with Crippen molar-refractivity contribution < 1.29 is 0 Å². The highest BCUT2D eigenvalue weighted by molar-refractivity contribution is 6.29. The van der Waals surface area contributed by atoms with Crippen LogP contribution in [-0.4, -0.2) is 0 Å². The summed E-state index contributed by atoms with van der Waals surface area (Å²) in [6, 6.07) is 85.9. The highest BCUT2D eigenvalue weighted by atomic mass is 15.2. The SMILES string of the molecule is Cc1ccccc1N(c1cc(-c2ccccc2)cc(-c2ccccc2)c1C)c1cc(C(C)C)c2ccc3c(N(c4ccccc4C)c4cc(-c5ccccc5)cc(-c5ccccc5)c4C)cc(C(C)C)c4ccc1c2c43. The van der Waals surface area contributed by atoms with Gasteiger partial charge in [-0.2, -0.15) is 0 Å². The lowest BCUT2D eigenvalue weighted by molar-refractivity contribution is 0.875. The van der Waals surface area contributed by atoms with E-state index in [1.807, 2.05) is 0 Å². The lowest BCUT2D eigenvalue weighted by atomic mass is 9.83. The number of nitrogens with zero attached hydrogens (tertiary/aromatic N) is 2. The standard InChI is InChI=1S/C74H64N2/c1-47(2)63-45-71(75(67-35-23-21-25-49(67)5)69-43-57(53-27-13-9-14-28-53)41-65(51(69)7)55-31-17-11-18-32-55)61-40-38-60-64(48(3)4)46-72(62-39-37-59(63)73(61)74(60)62)76(68-36-24-22-26-50(68)6)70-44-58(54-29-15-10-16-30-54)42-66(52(70)8)56-33-19-12-20-34-56/h9-48H,1-8H3. The third-order valence-corrected chi connectivity index (χ3v) is 16.0. The van der Waals surface area contributed by atoms with E-state index < -0.39 is 0 Å². The Kier molecular flexibility index (Phi) is 12.6. The van der Waals surface area contributed by atoms with E-state index in [1.165, 1.54) is 122 Å². The number of benzene rings is 12. The third-order valence-electron chi connectivity index (χ3n) is 16.0. The second kappa shape index (κ2) is 19.9. The fraction of sp³-hybridized carbons (Fsp3) is 0.135. The van der Waals surface area contributed by atoms with Crippen molar-refractivity contribution >= 4 is 66.4 Å². The van der Waals surface area contributed by atoms with Crippen LogP contribution in [0, 0.1) is 27.7 Å². The summed E-state index contributed by atoms with van der Waals surface area (Å²) in [5.74, 6) is 0.483. The molecule has 76 heavy (non-hydrogen) atoms. The summed E-state index contributed by atoms with van der Waals surface area (Å²) in [6.07, 6.45) is 0. The Morgan fingerprint density at radius 2 is 0.579 bits per heavy atom. The van der Waals surface area contributed by atoms with E-state index in [1.54, 1.807) is 0 Å². The van der Waals surface area contributed by atoms with Gasteiger partial charge < -0.3 is 9.80 Å². The molecule has 0 N–H and O–H groups in total. The van der Waals surface area contributed by atoms with Gasteiger partial charge in [-0.05, 0) is 187 Å². The van der Waals surface area contributed by atoms with Gasteiger partial charge in [0.05, 0.1) is 22.7 Å². The van der Waals surface area contributed by atoms with E-state index in [4.69, 9.17) is 0 Å². The quantitative estimate of drug-likeness (QED) is 0.113. The lowest BCUT2D eigenvalue weighted by Crippen LogP contribution is -2.16. The average molecular weight is 981 g/mol. The van der Waals surface area contributed by atoms with Gasteiger partial charge in [0.2, 0.25) is 0 Å². The van der Waals surface area contributed by atoms with Gasteiger partial charge in [0.25, 0.3) is 0 Å². The second-order valence-electron chi connectivity index (χ2n) is 21.4. The Labute approximate surface area is 449 Å². The number of anilines is 6. The molecule has 0 aliphatic heterocycles. The average Bonchev–Trinajstić information content (AvgIpc) is 3.64. The molecular formula is C74H64N2. The van der Waals surface area contributed by atoms with Crippen molar-refractivity contribution in [2.45, 2.75) is 67.2 Å². The van der Waals surface area contributed by atoms with Crippen molar-refractivity contribution in [1.29, 1.82) is 0 Å². The summed E-state index contributed by atoms with van der Waals surface area (Å²) in [6.45, 7) is 18.6. The van der Waals surface area contributed by atoms with Crippen molar-refractivity contribution in [1.82, 2.24) is 0 Å². The molecule has 0 bridgehead atoms. The van der Waals surface area contributed by atoms with Crippen LogP contribution in [0.1, 0.15) is 72.9 Å². The van der Waals surface area contributed by atoms with Crippen molar-refractivity contribution in [3.05, 3.63) is 264 Å². The van der Waals surface area contributed by atoms with E-state index in [-0.39, 0.29) is 11.8 Å². The summed E-state index contributed by atoms with van der Waals surface area (Å²) in [7, 11) is 0. The molecule has 0 heterocycles. The molecule has 0 aromatic heterocycles. The Morgan fingerprint density at radius 3 is 0.921 bits per heavy atom. The van der Waals surface area contributed by atoms with Crippen molar-refractivity contribution in [2.24, 2.45) is 0 Å². The van der Waals surface area contributed by atoms with Crippen molar-refractivity contribution in [3.8, 4) is 44.5 Å². The summed E-state index contributed by atoms with van der Waals surface area (Å²) in [5, 5.41) is 7.69. The minimum Gasteiger partial charge on any atom is -0.309 e. The molecule has 0 spiro atoms. The van der Waals surface area contributed by atoms with Gasteiger partial charge in [0.15, 0.2) is 0 Å². The fourth-order valence-electron chi connectivity index (χ4n) is 12.0. The molecule has 0 aliphatic carbocycles. The smallest absolute Gasteiger partial charge is 0.0543 e. The van der Waals surface area contributed by atoms with Gasteiger partial charge in [-0.1, -0.05) is 210 Å². The third kappa shape index (κ3) is 8.39. The van der Waals surface area contributed by atoms with Crippen LogP contribution in [0.5, 0.6) is 0 Å². The molecule has 0 radical (unpaired) electrons. The van der Waals surface area contributed by atoms with E-state index in [2.05, 4.69) is 296 Å². The fourth-order valence-corrected chi connectivity index (χ4v) is 12.0. The van der Waals surface area contributed by atoms with E-state index >= 15 is 0 Å². The predicted molar refractivity (Wildman–Crippen MR) is 328 cm³/mol. The first-order chi connectivity index (χ1) is 37.0. The molecule has 0 fully saturated rings. The van der Waals surface area contributed by atoms with Crippen LogP contribution >= 0.6 is 0 Å². The Morgan fingerprint density at radius 1 is 0.263 bits per heavy atom. The summed E-state index contributed by atoms with van der Waals surface area (Å²) in [4.78, 5) is 5.18. The molecule has 0 saturated heterocycles. The van der Waals surface area contributed by atoms with Gasteiger partial charge in [0.1, 0.15) is 0 Å². The van der Waals surface area contributed by atoms with Crippen LogP contribution in [0.25, 0.3) is 76.8 Å². The molecule has 0 saturated carbocycles. The van der Waals surface area contributed by atoms with E-state index in [9.17, 15) is 0 Å². The van der Waals surface area contributed by atoms with Gasteiger partial charge in [-0.25, -0.2) is 0 Å². The first-order valence-corrected chi connectivity index (χ1v) is 27.1. The van der Waals surface area contributed by atoms with Crippen molar-refractivity contribution in [3.63, 3.8) is 0 Å². The maximum absolute atomic E-state index is 2.59. The molecule has 0 atom stereocenters. The van der Waals surface area contributed by atoms with Gasteiger partial charge >= 0.3 is 0 Å². The van der Waals surface area contributed by atoms with Crippen molar-refractivity contribution in [2.75, 3.05) is 9.80 Å². The molecule has 0 amide bonds. The molecule has 12 rings (SSSR count). The molecule has 370 valence electrons. The van der Waals surface area contributed by atoms with Crippen LogP contribution in [0.4, 0.5) is 34.1 Å². The monoisotopic (exact) mass is 981 g/mol. The topological polar surface area (TPSA) is 6.48 Å². The minimum absolute atomic E-state index is 0.242. The zero-order valence-corrected chi connectivity index (χ0v) is 45.0. The van der Waals surface area contributed by atoms with E-state index in [0.717, 1.165) is 22.7 Å². The van der Waals surface area contributed by atoms with Crippen LogP contribution in [0.2, 0.25) is 0 Å². The number of aryl methyl sites for hydroxylation is 2. The predicted octanol–water partition coefficient (Wildman–Crippen LogP) is 21.7. The molecule has 12 aromatic carbocycles. The van der Waals surface area contributed by atoms with Gasteiger partial charge in [-0.3, -0.25) is 0 Å². The highest BCUT2D eigenvalue weighted by Gasteiger charge is 2.29. The maximum atomic E-state index is 2.59. The number of rotatable bonds is 12. The molecule has 12 aromatic rings.